The number of aryl methyl sites for hydroxylation is 2. The third kappa shape index (κ3) is 2.28. The second kappa shape index (κ2) is 4.97. The molecular weight excluding hydrogens is 202 g/mol. The zero-order valence-corrected chi connectivity index (χ0v) is 10.2. The van der Waals surface area contributed by atoms with E-state index in [1.54, 1.807) is 0 Å². The third-order valence-electron chi connectivity index (χ3n) is 3.41. The highest BCUT2D eigenvalue weighted by Crippen LogP contribution is 2.20. The van der Waals surface area contributed by atoms with Crippen LogP contribution in [0.25, 0.3) is 0 Å². The lowest BCUT2D eigenvalue weighted by Gasteiger charge is -2.22. The van der Waals surface area contributed by atoms with E-state index in [0.717, 1.165) is 25.9 Å². The van der Waals surface area contributed by atoms with E-state index in [1.165, 1.54) is 17.7 Å². The number of aromatic nitrogens is 2. The number of hydrogen-bond donors (Lipinski definition) is 1. The second-order valence-corrected chi connectivity index (χ2v) is 4.58. The van der Waals surface area contributed by atoms with Crippen LogP contribution in [0.2, 0.25) is 0 Å². The van der Waals surface area contributed by atoms with Gasteiger partial charge in [-0.2, -0.15) is 5.10 Å². The lowest BCUT2D eigenvalue weighted by atomic mass is 10.2. The Hall–Kier alpha value is -0.870. The SMILES string of the molecule is CCc1nn(C)cc1CN1CCC[C@H]1CO. The van der Waals surface area contributed by atoms with Crippen molar-refractivity contribution in [1.82, 2.24) is 14.7 Å². The van der Waals surface area contributed by atoms with Crippen molar-refractivity contribution in [1.29, 1.82) is 0 Å². The van der Waals surface area contributed by atoms with Crippen LogP contribution >= 0.6 is 0 Å². The summed E-state index contributed by atoms with van der Waals surface area (Å²) < 4.78 is 1.89. The van der Waals surface area contributed by atoms with Crippen molar-refractivity contribution in [2.75, 3.05) is 13.2 Å². The van der Waals surface area contributed by atoms with Crippen LogP contribution in [0.4, 0.5) is 0 Å². The van der Waals surface area contributed by atoms with Crippen molar-refractivity contribution in [3.05, 3.63) is 17.5 Å². The van der Waals surface area contributed by atoms with Crippen LogP contribution in [0, 0.1) is 0 Å². The highest BCUT2D eigenvalue weighted by Gasteiger charge is 2.24. The van der Waals surface area contributed by atoms with E-state index in [2.05, 4.69) is 23.1 Å². The maximum absolute atomic E-state index is 9.28. The van der Waals surface area contributed by atoms with E-state index < -0.39 is 0 Å². The fourth-order valence-electron chi connectivity index (χ4n) is 2.54. The monoisotopic (exact) mass is 223 g/mol. The van der Waals surface area contributed by atoms with E-state index in [9.17, 15) is 5.11 Å². The number of hydrogen-bond acceptors (Lipinski definition) is 3. The number of likely N-dealkylation sites (tertiary alicyclic amines) is 1. The normalized spacial score (nSPS) is 21.8. The minimum absolute atomic E-state index is 0.279. The van der Waals surface area contributed by atoms with Gasteiger partial charge in [-0.25, -0.2) is 0 Å². The average Bonchev–Trinajstić information content (AvgIpc) is 2.85. The third-order valence-corrected chi connectivity index (χ3v) is 3.41. The molecule has 4 heteroatoms. The van der Waals surface area contributed by atoms with Gasteiger partial charge in [0.15, 0.2) is 0 Å². The summed E-state index contributed by atoms with van der Waals surface area (Å²) in [6, 6.07) is 0.352. The molecule has 0 bridgehead atoms. The van der Waals surface area contributed by atoms with Crippen molar-refractivity contribution in [2.45, 2.75) is 38.8 Å². The molecule has 0 radical (unpaired) electrons. The van der Waals surface area contributed by atoms with Gasteiger partial charge in [-0.15, -0.1) is 0 Å². The van der Waals surface area contributed by atoms with Gasteiger partial charge >= 0.3 is 0 Å². The molecular formula is C12H21N3O. The summed E-state index contributed by atoms with van der Waals surface area (Å²) in [4.78, 5) is 2.37. The molecule has 4 nitrogen and oxygen atoms in total. The summed E-state index contributed by atoms with van der Waals surface area (Å²) >= 11 is 0. The van der Waals surface area contributed by atoms with Crippen LogP contribution in [-0.2, 0) is 20.0 Å². The van der Waals surface area contributed by atoms with Gasteiger partial charge in [0, 0.05) is 31.4 Å². The Morgan fingerprint density at radius 2 is 2.38 bits per heavy atom. The second-order valence-electron chi connectivity index (χ2n) is 4.58. The molecule has 2 heterocycles. The Morgan fingerprint density at radius 1 is 1.56 bits per heavy atom. The van der Waals surface area contributed by atoms with Crippen molar-refractivity contribution in [3.8, 4) is 0 Å². The van der Waals surface area contributed by atoms with Crippen LogP contribution < -0.4 is 0 Å². The van der Waals surface area contributed by atoms with Crippen molar-refractivity contribution in [3.63, 3.8) is 0 Å². The lowest BCUT2D eigenvalue weighted by Crippen LogP contribution is -2.31. The molecule has 2 rings (SSSR count). The molecule has 1 aliphatic rings. The molecule has 1 aromatic rings. The Morgan fingerprint density at radius 3 is 3.06 bits per heavy atom. The smallest absolute Gasteiger partial charge is 0.0666 e. The average molecular weight is 223 g/mol. The zero-order valence-electron chi connectivity index (χ0n) is 10.2. The fourth-order valence-corrected chi connectivity index (χ4v) is 2.54. The number of rotatable bonds is 4. The molecule has 1 atom stereocenters. The lowest BCUT2D eigenvalue weighted by molar-refractivity contribution is 0.153. The van der Waals surface area contributed by atoms with Crippen LogP contribution in [0.15, 0.2) is 6.20 Å². The molecule has 0 unspecified atom stereocenters. The molecule has 0 aliphatic carbocycles. The molecule has 1 N–H and O–H groups in total. The van der Waals surface area contributed by atoms with Gasteiger partial charge in [0.25, 0.3) is 0 Å². The Bertz CT molecular complexity index is 348. The molecule has 0 aromatic carbocycles. The van der Waals surface area contributed by atoms with Gasteiger partial charge in [-0.3, -0.25) is 9.58 Å². The van der Waals surface area contributed by atoms with E-state index in [1.807, 2.05) is 11.7 Å². The predicted molar refractivity (Wildman–Crippen MR) is 63.1 cm³/mol. The fraction of sp³-hybridized carbons (Fsp3) is 0.750. The van der Waals surface area contributed by atoms with Crippen LogP contribution in [0.3, 0.4) is 0 Å². The summed E-state index contributed by atoms with van der Waals surface area (Å²) in [6.07, 6.45) is 5.41. The quantitative estimate of drug-likeness (QED) is 0.826. The van der Waals surface area contributed by atoms with E-state index in [-0.39, 0.29) is 6.61 Å². The van der Waals surface area contributed by atoms with Gasteiger partial charge in [0.05, 0.1) is 12.3 Å². The maximum atomic E-state index is 9.28. The molecule has 16 heavy (non-hydrogen) atoms. The highest BCUT2D eigenvalue weighted by atomic mass is 16.3. The van der Waals surface area contributed by atoms with Gasteiger partial charge < -0.3 is 5.11 Å². The van der Waals surface area contributed by atoms with Gasteiger partial charge in [0.2, 0.25) is 0 Å². The minimum atomic E-state index is 0.279. The summed E-state index contributed by atoms with van der Waals surface area (Å²) in [5, 5.41) is 13.7. The summed E-state index contributed by atoms with van der Waals surface area (Å²) in [5.41, 5.74) is 2.50. The molecule has 90 valence electrons. The first-order valence-corrected chi connectivity index (χ1v) is 6.11. The van der Waals surface area contributed by atoms with Crippen LogP contribution in [0.1, 0.15) is 31.0 Å². The molecule has 0 amide bonds. The number of aliphatic hydroxyl groups excluding tert-OH is 1. The van der Waals surface area contributed by atoms with Gasteiger partial charge in [0.1, 0.15) is 0 Å². The summed E-state index contributed by atoms with van der Waals surface area (Å²) in [5.74, 6) is 0. The summed E-state index contributed by atoms with van der Waals surface area (Å²) in [6.45, 7) is 4.45. The maximum Gasteiger partial charge on any atom is 0.0666 e. The Labute approximate surface area is 96.9 Å². The Kier molecular flexibility index (Phi) is 3.61. The molecule has 1 saturated heterocycles. The van der Waals surface area contributed by atoms with Crippen molar-refractivity contribution >= 4 is 0 Å². The van der Waals surface area contributed by atoms with Gasteiger partial charge in [-0.05, 0) is 25.8 Å². The minimum Gasteiger partial charge on any atom is -0.395 e. The first-order valence-electron chi connectivity index (χ1n) is 6.11. The largest absolute Gasteiger partial charge is 0.395 e. The predicted octanol–water partition coefficient (Wildman–Crippen LogP) is 0.939. The first-order chi connectivity index (χ1) is 7.74. The molecule has 0 spiro atoms. The topological polar surface area (TPSA) is 41.3 Å². The van der Waals surface area contributed by atoms with E-state index in [4.69, 9.17) is 0 Å². The van der Waals surface area contributed by atoms with E-state index >= 15 is 0 Å². The van der Waals surface area contributed by atoms with Crippen LogP contribution in [-0.4, -0.2) is 39.0 Å². The zero-order chi connectivity index (χ0) is 11.5. The molecule has 0 saturated carbocycles. The number of aliphatic hydroxyl groups is 1. The summed E-state index contributed by atoms with van der Waals surface area (Å²) in [7, 11) is 1.97. The highest BCUT2D eigenvalue weighted by molar-refractivity contribution is 5.17. The van der Waals surface area contributed by atoms with E-state index in [0.29, 0.717) is 6.04 Å². The van der Waals surface area contributed by atoms with Gasteiger partial charge in [-0.1, -0.05) is 6.92 Å². The standard InChI is InChI=1S/C12H21N3O/c1-3-12-10(7-14(2)13-12)8-15-6-4-5-11(15)9-16/h7,11,16H,3-6,8-9H2,1-2H3/t11-/m0/s1. The molecule has 1 fully saturated rings. The number of nitrogens with zero attached hydrogens (tertiary/aromatic N) is 3. The molecule has 1 aliphatic heterocycles. The van der Waals surface area contributed by atoms with Crippen LogP contribution in [0.5, 0.6) is 0 Å². The Balaban J connectivity index is 2.07. The molecule has 1 aromatic heterocycles. The first kappa shape index (κ1) is 11.6. The van der Waals surface area contributed by atoms with Crippen molar-refractivity contribution in [2.24, 2.45) is 7.05 Å². The van der Waals surface area contributed by atoms with Crippen molar-refractivity contribution < 1.29 is 5.11 Å².